The van der Waals surface area contributed by atoms with Crippen molar-refractivity contribution in [2.45, 2.75) is 42.2 Å². The highest BCUT2D eigenvalue weighted by atomic mass is 32.2. The Kier molecular flexibility index (Phi) is 2.94. The van der Waals surface area contributed by atoms with Gasteiger partial charge in [0, 0.05) is 17.0 Å². The molecule has 0 unspecified atom stereocenters. The summed E-state index contributed by atoms with van der Waals surface area (Å²) in [4.78, 5) is 8.21. The lowest BCUT2D eigenvalue weighted by molar-refractivity contribution is 0.371. The summed E-state index contributed by atoms with van der Waals surface area (Å²) in [7, 11) is -3.55. The molecule has 0 spiro atoms. The van der Waals surface area contributed by atoms with Crippen LogP contribution in [0.4, 0.5) is 0 Å². The lowest BCUT2D eigenvalue weighted by Crippen LogP contribution is -2.11. The van der Waals surface area contributed by atoms with Crippen molar-refractivity contribution in [3.63, 3.8) is 0 Å². The molecule has 1 aliphatic rings. The first kappa shape index (κ1) is 12.7. The monoisotopic (exact) mass is 299 g/mol. The molecule has 1 aliphatic carbocycles. The van der Waals surface area contributed by atoms with Crippen LogP contribution in [-0.2, 0) is 9.84 Å². The van der Waals surface area contributed by atoms with E-state index in [1.165, 1.54) is 0 Å². The van der Waals surface area contributed by atoms with Gasteiger partial charge < -0.3 is 4.52 Å². The Hall–Kier alpha value is -1.28. The fourth-order valence-electron chi connectivity index (χ4n) is 1.67. The van der Waals surface area contributed by atoms with Gasteiger partial charge in [0.05, 0.1) is 0 Å². The fraction of sp³-hybridized carbons (Fsp3) is 0.545. The van der Waals surface area contributed by atoms with Gasteiger partial charge in [-0.3, -0.25) is 0 Å². The first-order valence-corrected chi connectivity index (χ1v) is 8.40. The molecule has 1 fully saturated rings. The van der Waals surface area contributed by atoms with Crippen LogP contribution >= 0.6 is 11.3 Å². The van der Waals surface area contributed by atoms with Gasteiger partial charge in [-0.1, -0.05) is 5.16 Å². The quantitative estimate of drug-likeness (QED) is 0.860. The predicted octanol–water partition coefficient (Wildman–Crippen LogP) is 2.25. The molecule has 0 N–H and O–H groups in total. The summed E-state index contributed by atoms with van der Waals surface area (Å²) in [6.45, 7) is 3.31. The summed E-state index contributed by atoms with van der Waals surface area (Å²) in [5, 5.41) is 4.69. The fourth-order valence-corrected chi connectivity index (χ4v) is 4.24. The number of hydrogen-bond acceptors (Lipinski definition) is 7. The van der Waals surface area contributed by atoms with E-state index >= 15 is 0 Å². The molecule has 6 nitrogen and oxygen atoms in total. The zero-order valence-electron chi connectivity index (χ0n) is 10.5. The molecule has 2 heterocycles. The van der Waals surface area contributed by atoms with E-state index in [1.54, 1.807) is 19.2 Å². The molecule has 3 rings (SSSR count). The van der Waals surface area contributed by atoms with Gasteiger partial charge in [0.1, 0.15) is 5.25 Å². The molecule has 2 aromatic rings. The zero-order valence-corrected chi connectivity index (χ0v) is 12.2. The van der Waals surface area contributed by atoms with E-state index in [0.29, 0.717) is 17.4 Å². The maximum atomic E-state index is 12.4. The van der Waals surface area contributed by atoms with Crippen LogP contribution in [0.25, 0.3) is 0 Å². The molecule has 0 amide bonds. The Labute approximate surface area is 114 Å². The van der Waals surface area contributed by atoms with Crippen molar-refractivity contribution in [1.29, 1.82) is 0 Å². The van der Waals surface area contributed by atoms with E-state index in [0.717, 1.165) is 24.2 Å². The van der Waals surface area contributed by atoms with E-state index in [9.17, 15) is 8.42 Å². The zero-order chi connectivity index (χ0) is 13.6. The molecule has 0 bridgehead atoms. The van der Waals surface area contributed by atoms with Gasteiger partial charge in [-0.25, -0.2) is 13.4 Å². The van der Waals surface area contributed by atoms with Crippen molar-refractivity contribution in [1.82, 2.24) is 15.1 Å². The summed E-state index contributed by atoms with van der Waals surface area (Å²) in [5.41, 5.74) is 0.694. The highest BCUT2D eigenvalue weighted by molar-refractivity contribution is 7.93. The average molecular weight is 299 g/mol. The van der Waals surface area contributed by atoms with E-state index in [-0.39, 0.29) is 10.2 Å². The Morgan fingerprint density at radius 2 is 2.16 bits per heavy atom. The van der Waals surface area contributed by atoms with Crippen molar-refractivity contribution in [3.05, 3.63) is 22.8 Å². The normalized spacial score (nSPS) is 17.6. The number of aromatic nitrogens is 3. The maximum Gasteiger partial charge on any atom is 0.245 e. The molecular weight excluding hydrogens is 286 g/mol. The molecule has 8 heteroatoms. The second-order valence-electron chi connectivity index (χ2n) is 4.71. The molecule has 1 saturated carbocycles. The van der Waals surface area contributed by atoms with Gasteiger partial charge in [-0.15, -0.1) is 11.3 Å². The smallest absolute Gasteiger partial charge is 0.245 e. The Morgan fingerprint density at radius 3 is 2.74 bits per heavy atom. The lowest BCUT2D eigenvalue weighted by Gasteiger charge is -2.05. The van der Waals surface area contributed by atoms with Crippen LogP contribution in [0.5, 0.6) is 0 Å². The van der Waals surface area contributed by atoms with E-state index < -0.39 is 15.1 Å². The van der Waals surface area contributed by atoms with Crippen molar-refractivity contribution in [2.24, 2.45) is 0 Å². The van der Waals surface area contributed by atoms with Gasteiger partial charge in [-0.2, -0.15) is 4.98 Å². The molecule has 0 saturated heterocycles. The third kappa shape index (κ3) is 2.30. The minimum Gasteiger partial charge on any atom is -0.338 e. The van der Waals surface area contributed by atoms with Gasteiger partial charge in [0.15, 0.2) is 5.82 Å². The van der Waals surface area contributed by atoms with Crippen molar-refractivity contribution in [3.8, 4) is 0 Å². The molecular formula is C11H13N3O3S2. The summed E-state index contributed by atoms with van der Waals surface area (Å²) in [5.74, 6) is 1.11. The number of nitrogens with zero attached hydrogens (tertiary/aromatic N) is 3. The van der Waals surface area contributed by atoms with Gasteiger partial charge in [-0.05, 0) is 26.7 Å². The van der Waals surface area contributed by atoms with Crippen LogP contribution in [0.15, 0.2) is 14.2 Å². The van der Waals surface area contributed by atoms with Crippen LogP contribution in [0.1, 0.15) is 48.3 Å². The van der Waals surface area contributed by atoms with Crippen LogP contribution in [0, 0.1) is 6.92 Å². The van der Waals surface area contributed by atoms with E-state index in [4.69, 9.17) is 4.52 Å². The third-order valence-electron chi connectivity index (χ3n) is 3.05. The minimum atomic E-state index is -3.55. The second-order valence-corrected chi connectivity index (χ2v) is 8.01. The minimum absolute atomic E-state index is 0.101. The topological polar surface area (TPSA) is 86.0 Å². The number of sulfone groups is 1. The summed E-state index contributed by atoms with van der Waals surface area (Å²) >= 11 is 1.12. The van der Waals surface area contributed by atoms with Crippen LogP contribution in [-0.4, -0.2) is 23.5 Å². The van der Waals surface area contributed by atoms with E-state index in [2.05, 4.69) is 15.1 Å². The van der Waals surface area contributed by atoms with E-state index in [1.807, 2.05) is 0 Å². The molecule has 0 radical (unpaired) electrons. The standard InChI is InChI=1S/C11H13N3O3S2/c1-6-5-18-11(12-6)19(15,16)7(2)10-13-9(14-17-10)8-3-4-8/h5,7-8H,3-4H2,1-2H3/t7-/m1/s1. The molecule has 2 aromatic heterocycles. The van der Waals surface area contributed by atoms with Crippen LogP contribution < -0.4 is 0 Å². The Bertz CT molecular complexity index is 700. The van der Waals surface area contributed by atoms with Gasteiger partial charge >= 0.3 is 0 Å². The van der Waals surface area contributed by atoms with Crippen molar-refractivity contribution < 1.29 is 12.9 Å². The Morgan fingerprint density at radius 1 is 1.42 bits per heavy atom. The molecule has 102 valence electrons. The number of hydrogen-bond donors (Lipinski definition) is 0. The predicted molar refractivity (Wildman–Crippen MR) is 68.7 cm³/mol. The van der Waals surface area contributed by atoms with Crippen molar-refractivity contribution >= 4 is 21.2 Å². The SMILES string of the molecule is Cc1csc(S(=O)(=O)[C@H](C)c2nc(C3CC3)no2)n1. The van der Waals surface area contributed by atoms with Crippen LogP contribution in [0.3, 0.4) is 0 Å². The lowest BCUT2D eigenvalue weighted by atomic mass is 10.4. The molecule has 19 heavy (non-hydrogen) atoms. The summed E-state index contributed by atoms with van der Waals surface area (Å²) < 4.78 is 29.9. The first-order valence-electron chi connectivity index (χ1n) is 5.98. The highest BCUT2D eigenvalue weighted by Gasteiger charge is 2.35. The largest absolute Gasteiger partial charge is 0.338 e. The van der Waals surface area contributed by atoms with Gasteiger partial charge in [0.2, 0.25) is 20.1 Å². The maximum absolute atomic E-state index is 12.4. The molecule has 1 atom stereocenters. The van der Waals surface area contributed by atoms with Crippen molar-refractivity contribution in [2.75, 3.05) is 0 Å². The number of thiazole rings is 1. The second kappa shape index (κ2) is 4.38. The summed E-state index contributed by atoms with van der Waals surface area (Å²) in [6, 6.07) is 0. The third-order valence-corrected chi connectivity index (χ3v) is 6.50. The highest BCUT2D eigenvalue weighted by Crippen LogP contribution is 2.39. The molecule has 0 aromatic carbocycles. The average Bonchev–Trinajstić information content (AvgIpc) is 2.93. The van der Waals surface area contributed by atoms with Crippen LogP contribution in [0.2, 0.25) is 0 Å². The first-order chi connectivity index (χ1) is 8.98. The van der Waals surface area contributed by atoms with Gasteiger partial charge in [0.25, 0.3) is 0 Å². The molecule has 0 aliphatic heterocycles. The number of aryl methyl sites for hydroxylation is 1. The Balaban J connectivity index is 1.91. The number of rotatable bonds is 4. The summed E-state index contributed by atoms with van der Waals surface area (Å²) in [6.07, 6.45) is 2.09.